The second kappa shape index (κ2) is 6.64. The Bertz CT molecular complexity index is 208. The van der Waals surface area contributed by atoms with E-state index in [1.807, 2.05) is 0 Å². The Balaban J connectivity index is 2.27. The predicted octanol–water partition coefficient (Wildman–Crippen LogP) is 2.31. The van der Waals surface area contributed by atoms with Crippen LogP contribution in [0, 0.1) is 5.92 Å². The summed E-state index contributed by atoms with van der Waals surface area (Å²) >= 11 is 0. The van der Waals surface area contributed by atoms with Crippen LogP contribution in [0.25, 0.3) is 0 Å². The first-order valence-corrected chi connectivity index (χ1v) is 7.86. The first-order valence-electron chi connectivity index (χ1n) is 6.14. The number of rotatable bonds is 4. The van der Waals surface area contributed by atoms with E-state index in [0.29, 0.717) is 12.1 Å². The molecule has 0 radical (unpaired) electrons. The smallest absolute Gasteiger partial charge is 0.0383 e. The highest BCUT2D eigenvalue weighted by Gasteiger charge is 2.17. The lowest BCUT2D eigenvalue weighted by Crippen LogP contribution is -2.39. The van der Waals surface area contributed by atoms with Gasteiger partial charge in [0.1, 0.15) is 0 Å². The molecule has 1 rings (SSSR count). The van der Waals surface area contributed by atoms with E-state index >= 15 is 0 Å². The highest BCUT2D eigenvalue weighted by molar-refractivity contribution is 7.84. The number of hydrogen-bond acceptors (Lipinski definition) is 2. The van der Waals surface area contributed by atoms with E-state index in [1.165, 1.54) is 32.1 Å². The third kappa shape index (κ3) is 5.67. The van der Waals surface area contributed by atoms with Gasteiger partial charge < -0.3 is 5.32 Å². The van der Waals surface area contributed by atoms with Crippen LogP contribution in [0.5, 0.6) is 0 Å². The fourth-order valence-corrected chi connectivity index (χ4v) is 3.26. The molecule has 4 unspecified atom stereocenters. The summed E-state index contributed by atoms with van der Waals surface area (Å²) in [5.41, 5.74) is 0. The van der Waals surface area contributed by atoms with Crippen LogP contribution in [0.3, 0.4) is 0 Å². The van der Waals surface area contributed by atoms with Gasteiger partial charge in [-0.15, -0.1) is 0 Å². The SMILES string of the molecule is CC1CCCC(NC(C)CS(C)=O)CC1. The molecule has 1 saturated carbocycles. The van der Waals surface area contributed by atoms with Crippen molar-refractivity contribution in [2.45, 2.75) is 58.0 Å². The Hall–Kier alpha value is 0.110. The molecule has 1 aliphatic rings. The first kappa shape index (κ1) is 13.2. The highest BCUT2D eigenvalue weighted by atomic mass is 32.2. The summed E-state index contributed by atoms with van der Waals surface area (Å²) in [6, 6.07) is 1.06. The summed E-state index contributed by atoms with van der Waals surface area (Å²) in [7, 11) is -0.674. The summed E-state index contributed by atoms with van der Waals surface area (Å²) in [5.74, 6) is 1.68. The summed E-state index contributed by atoms with van der Waals surface area (Å²) in [6.07, 6.45) is 8.45. The molecule has 3 heteroatoms. The molecule has 1 fully saturated rings. The molecule has 0 heterocycles. The van der Waals surface area contributed by atoms with E-state index < -0.39 is 10.8 Å². The molecule has 0 aromatic carbocycles. The molecule has 1 N–H and O–H groups in total. The summed E-state index contributed by atoms with van der Waals surface area (Å²) in [6.45, 7) is 4.50. The van der Waals surface area contributed by atoms with Crippen molar-refractivity contribution in [3.05, 3.63) is 0 Å². The lowest BCUT2D eigenvalue weighted by Gasteiger charge is -2.21. The van der Waals surface area contributed by atoms with E-state index in [9.17, 15) is 4.21 Å². The van der Waals surface area contributed by atoms with Crippen molar-refractivity contribution in [3.8, 4) is 0 Å². The van der Waals surface area contributed by atoms with Crippen molar-refractivity contribution < 1.29 is 4.21 Å². The van der Waals surface area contributed by atoms with Crippen molar-refractivity contribution in [1.82, 2.24) is 5.32 Å². The van der Waals surface area contributed by atoms with Crippen molar-refractivity contribution in [2.24, 2.45) is 5.92 Å². The molecule has 0 bridgehead atoms. The van der Waals surface area contributed by atoms with Gasteiger partial charge in [0.25, 0.3) is 0 Å². The minimum atomic E-state index is -0.674. The molecular formula is C12H25NOS. The van der Waals surface area contributed by atoms with Crippen molar-refractivity contribution >= 4 is 10.8 Å². The summed E-state index contributed by atoms with van der Waals surface area (Å²) in [5, 5.41) is 3.62. The van der Waals surface area contributed by atoms with Gasteiger partial charge in [-0.1, -0.05) is 19.8 Å². The lowest BCUT2D eigenvalue weighted by atomic mass is 10.0. The van der Waals surface area contributed by atoms with E-state index in [4.69, 9.17) is 0 Å². The molecule has 0 amide bonds. The van der Waals surface area contributed by atoms with E-state index in [0.717, 1.165) is 11.7 Å². The Morgan fingerprint density at radius 3 is 2.73 bits per heavy atom. The van der Waals surface area contributed by atoms with Gasteiger partial charge >= 0.3 is 0 Å². The number of nitrogens with one attached hydrogen (secondary N) is 1. The monoisotopic (exact) mass is 231 g/mol. The molecule has 4 atom stereocenters. The normalized spacial score (nSPS) is 31.9. The van der Waals surface area contributed by atoms with Gasteiger partial charge in [-0.25, -0.2) is 0 Å². The fraction of sp³-hybridized carbons (Fsp3) is 1.00. The lowest BCUT2D eigenvalue weighted by molar-refractivity contribution is 0.417. The summed E-state index contributed by atoms with van der Waals surface area (Å²) in [4.78, 5) is 0. The van der Waals surface area contributed by atoms with Crippen molar-refractivity contribution in [1.29, 1.82) is 0 Å². The molecule has 0 aromatic rings. The van der Waals surface area contributed by atoms with Gasteiger partial charge in [-0.05, 0) is 32.1 Å². The van der Waals surface area contributed by atoms with Gasteiger partial charge in [0, 0.05) is 34.9 Å². The second-order valence-corrected chi connectivity index (χ2v) is 6.60. The Labute approximate surface area is 96.7 Å². The zero-order chi connectivity index (χ0) is 11.3. The molecule has 2 nitrogen and oxygen atoms in total. The molecule has 0 spiro atoms. The minimum Gasteiger partial charge on any atom is -0.311 e. The second-order valence-electron chi connectivity index (χ2n) is 5.12. The molecule has 0 aromatic heterocycles. The van der Waals surface area contributed by atoms with Crippen LogP contribution in [-0.2, 0) is 10.8 Å². The third-order valence-corrected chi connectivity index (χ3v) is 4.23. The maximum atomic E-state index is 11.1. The molecule has 0 aliphatic heterocycles. The van der Waals surface area contributed by atoms with Crippen LogP contribution in [0.4, 0.5) is 0 Å². The Morgan fingerprint density at radius 2 is 2.07 bits per heavy atom. The molecule has 1 aliphatic carbocycles. The van der Waals surface area contributed by atoms with Crippen LogP contribution in [-0.4, -0.2) is 28.3 Å². The predicted molar refractivity (Wildman–Crippen MR) is 67.6 cm³/mol. The van der Waals surface area contributed by atoms with E-state index in [2.05, 4.69) is 19.2 Å². The Kier molecular flexibility index (Phi) is 5.83. The summed E-state index contributed by atoms with van der Waals surface area (Å²) < 4.78 is 11.1. The van der Waals surface area contributed by atoms with Crippen molar-refractivity contribution in [2.75, 3.05) is 12.0 Å². The zero-order valence-electron chi connectivity index (χ0n) is 10.3. The maximum absolute atomic E-state index is 11.1. The molecule has 0 saturated heterocycles. The maximum Gasteiger partial charge on any atom is 0.0383 e. The minimum absolute atomic E-state index is 0.397. The van der Waals surface area contributed by atoms with Crippen molar-refractivity contribution in [3.63, 3.8) is 0 Å². The van der Waals surface area contributed by atoms with Crippen LogP contribution in [0.15, 0.2) is 0 Å². The first-order chi connectivity index (χ1) is 7.08. The van der Waals surface area contributed by atoms with Crippen LogP contribution >= 0.6 is 0 Å². The molecular weight excluding hydrogens is 206 g/mol. The van der Waals surface area contributed by atoms with Gasteiger partial charge in [0.05, 0.1) is 0 Å². The largest absolute Gasteiger partial charge is 0.311 e. The van der Waals surface area contributed by atoms with Gasteiger partial charge in [-0.3, -0.25) is 4.21 Å². The molecule has 90 valence electrons. The van der Waals surface area contributed by atoms with Gasteiger partial charge in [-0.2, -0.15) is 0 Å². The van der Waals surface area contributed by atoms with Gasteiger partial charge in [0.15, 0.2) is 0 Å². The highest BCUT2D eigenvalue weighted by Crippen LogP contribution is 2.22. The quantitative estimate of drug-likeness (QED) is 0.752. The fourth-order valence-electron chi connectivity index (χ4n) is 2.46. The molecule has 15 heavy (non-hydrogen) atoms. The Morgan fingerprint density at radius 1 is 1.33 bits per heavy atom. The topological polar surface area (TPSA) is 29.1 Å². The average Bonchev–Trinajstić information content (AvgIpc) is 2.29. The van der Waals surface area contributed by atoms with E-state index in [1.54, 1.807) is 6.26 Å². The van der Waals surface area contributed by atoms with E-state index in [-0.39, 0.29) is 0 Å². The number of hydrogen-bond donors (Lipinski definition) is 1. The zero-order valence-corrected chi connectivity index (χ0v) is 11.1. The third-order valence-electron chi connectivity index (χ3n) is 3.26. The standard InChI is InChI=1S/C12H25NOS/c1-10-5-4-6-12(8-7-10)13-11(2)9-15(3)14/h10-13H,4-9H2,1-3H3. The van der Waals surface area contributed by atoms with Crippen LogP contribution in [0.2, 0.25) is 0 Å². The van der Waals surface area contributed by atoms with Gasteiger partial charge in [0.2, 0.25) is 0 Å². The average molecular weight is 231 g/mol. The van der Waals surface area contributed by atoms with Crippen LogP contribution < -0.4 is 5.32 Å². The van der Waals surface area contributed by atoms with Crippen LogP contribution in [0.1, 0.15) is 46.0 Å².